The summed E-state index contributed by atoms with van der Waals surface area (Å²) in [4.78, 5) is 6.89. The number of hydrogen-bond donors (Lipinski definition) is 2. The van der Waals surface area contributed by atoms with Gasteiger partial charge in [-0.1, -0.05) is 6.07 Å². The van der Waals surface area contributed by atoms with Crippen molar-refractivity contribution in [1.82, 2.24) is 15.5 Å². The maximum atomic E-state index is 5.66. The van der Waals surface area contributed by atoms with Crippen molar-refractivity contribution in [3.05, 3.63) is 23.8 Å². The Balaban J connectivity index is 0.00000420. The first-order valence-electron chi connectivity index (χ1n) is 10.2. The van der Waals surface area contributed by atoms with Gasteiger partial charge in [0.15, 0.2) is 17.5 Å². The Morgan fingerprint density at radius 1 is 1.21 bits per heavy atom. The normalized spacial score (nSPS) is 15.5. The lowest BCUT2D eigenvalue weighted by atomic mass is 10.1. The van der Waals surface area contributed by atoms with Crippen LogP contribution in [0.15, 0.2) is 23.2 Å². The number of nitrogens with one attached hydrogen (secondary N) is 2. The number of nitrogens with zero attached hydrogens (tertiary/aromatic N) is 2. The van der Waals surface area contributed by atoms with E-state index in [4.69, 9.17) is 14.2 Å². The molecule has 0 radical (unpaired) electrons. The largest absolute Gasteiger partial charge is 0.493 e. The molecule has 1 aliphatic rings. The van der Waals surface area contributed by atoms with Crippen LogP contribution in [0.25, 0.3) is 0 Å². The summed E-state index contributed by atoms with van der Waals surface area (Å²) in [7, 11) is 5.23. The Bertz CT molecular complexity index is 608. The van der Waals surface area contributed by atoms with E-state index in [1.54, 1.807) is 14.2 Å². The molecular formula is C21H37IN4O3. The first kappa shape index (κ1) is 25.8. The number of piperidine rings is 1. The summed E-state index contributed by atoms with van der Waals surface area (Å²) in [6.45, 7) is 7.46. The van der Waals surface area contributed by atoms with Gasteiger partial charge in [0.25, 0.3) is 0 Å². The SMILES string of the molecule is CCOc1cc(CNC(=NC)NC2CCN(CCCOC)CC2)ccc1OC.I. The van der Waals surface area contributed by atoms with E-state index in [2.05, 4.69) is 20.5 Å². The molecule has 29 heavy (non-hydrogen) atoms. The minimum atomic E-state index is 0. The average Bonchev–Trinajstić information content (AvgIpc) is 2.73. The van der Waals surface area contributed by atoms with Crippen molar-refractivity contribution in [3.8, 4) is 11.5 Å². The number of methoxy groups -OCH3 is 2. The van der Waals surface area contributed by atoms with Gasteiger partial charge in [0, 0.05) is 53.0 Å². The van der Waals surface area contributed by atoms with Crippen molar-refractivity contribution < 1.29 is 14.2 Å². The molecule has 8 heteroatoms. The van der Waals surface area contributed by atoms with Crippen molar-refractivity contribution in [1.29, 1.82) is 0 Å². The molecule has 0 saturated carbocycles. The molecule has 0 spiro atoms. The van der Waals surface area contributed by atoms with Gasteiger partial charge >= 0.3 is 0 Å². The fraction of sp³-hybridized carbons (Fsp3) is 0.667. The summed E-state index contributed by atoms with van der Waals surface area (Å²) in [5, 5.41) is 6.96. The number of likely N-dealkylation sites (tertiary alicyclic amines) is 1. The van der Waals surface area contributed by atoms with Crippen molar-refractivity contribution in [2.45, 2.75) is 38.8 Å². The van der Waals surface area contributed by atoms with Gasteiger partial charge < -0.3 is 29.7 Å². The predicted molar refractivity (Wildman–Crippen MR) is 129 cm³/mol. The molecule has 0 amide bonds. The lowest BCUT2D eigenvalue weighted by molar-refractivity contribution is 0.155. The zero-order chi connectivity index (χ0) is 20.2. The van der Waals surface area contributed by atoms with Crippen LogP contribution in [0.2, 0.25) is 0 Å². The molecular weight excluding hydrogens is 483 g/mol. The third-order valence-electron chi connectivity index (χ3n) is 4.96. The molecule has 0 unspecified atom stereocenters. The highest BCUT2D eigenvalue weighted by molar-refractivity contribution is 14.0. The monoisotopic (exact) mass is 520 g/mol. The number of benzene rings is 1. The van der Waals surface area contributed by atoms with Crippen LogP contribution in [0.1, 0.15) is 31.7 Å². The highest BCUT2D eigenvalue weighted by Crippen LogP contribution is 2.27. The van der Waals surface area contributed by atoms with Crippen LogP contribution >= 0.6 is 24.0 Å². The van der Waals surface area contributed by atoms with Crippen LogP contribution in [0, 0.1) is 0 Å². The third-order valence-corrected chi connectivity index (χ3v) is 4.96. The highest BCUT2D eigenvalue weighted by Gasteiger charge is 2.19. The van der Waals surface area contributed by atoms with Crippen molar-refractivity contribution in [2.24, 2.45) is 4.99 Å². The van der Waals surface area contributed by atoms with E-state index in [0.29, 0.717) is 19.2 Å². The van der Waals surface area contributed by atoms with Crippen LogP contribution in [0.5, 0.6) is 11.5 Å². The highest BCUT2D eigenvalue weighted by atomic mass is 127. The summed E-state index contributed by atoms with van der Waals surface area (Å²) in [5.74, 6) is 2.37. The van der Waals surface area contributed by atoms with Gasteiger partial charge in [-0.3, -0.25) is 4.99 Å². The van der Waals surface area contributed by atoms with Crippen molar-refractivity contribution in [2.75, 3.05) is 54.1 Å². The Hall–Kier alpha value is -1.26. The second-order valence-electron chi connectivity index (χ2n) is 6.95. The maximum Gasteiger partial charge on any atom is 0.191 e. The fourth-order valence-corrected chi connectivity index (χ4v) is 3.41. The number of ether oxygens (including phenoxy) is 3. The zero-order valence-corrected chi connectivity index (χ0v) is 20.5. The minimum absolute atomic E-state index is 0. The number of guanidine groups is 1. The van der Waals surface area contributed by atoms with Crippen LogP contribution in [0.4, 0.5) is 0 Å². The summed E-state index contributed by atoms with van der Waals surface area (Å²) < 4.78 is 16.1. The number of halogens is 1. The Kier molecular flexibility index (Phi) is 13.0. The second kappa shape index (κ2) is 14.7. The summed E-state index contributed by atoms with van der Waals surface area (Å²) in [5.41, 5.74) is 1.13. The standard InChI is InChI=1S/C21H36N4O3.HI/c1-5-28-20-15-17(7-8-19(20)27-4)16-23-21(22-2)24-18-9-12-25(13-10-18)11-6-14-26-3;/h7-8,15,18H,5-6,9-14,16H2,1-4H3,(H2,22,23,24);1H. The van der Waals surface area contributed by atoms with E-state index in [1.807, 2.05) is 32.2 Å². The van der Waals surface area contributed by atoms with Crippen LogP contribution in [0.3, 0.4) is 0 Å². The molecule has 0 atom stereocenters. The molecule has 0 aliphatic carbocycles. The average molecular weight is 520 g/mol. The Labute approximate surface area is 192 Å². The summed E-state index contributed by atoms with van der Waals surface area (Å²) in [6, 6.07) is 6.46. The summed E-state index contributed by atoms with van der Waals surface area (Å²) >= 11 is 0. The molecule has 1 aromatic rings. The van der Waals surface area contributed by atoms with Gasteiger partial charge in [-0.25, -0.2) is 0 Å². The smallest absolute Gasteiger partial charge is 0.191 e. The molecule has 7 nitrogen and oxygen atoms in total. The predicted octanol–water partition coefficient (Wildman–Crippen LogP) is 2.88. The lowest BCUT2D eigenvalue weighted by Crippen LogP contribution is -2.48. The van der Waals surface area contributed by atoms with E-state index in [-0.39, 0.29) is 24.0 Å². The van der Waals surface area contributed by atoms with Crippen molar-refractivity contribution >= 4 is 29.9 Å². The first-order valence-corrected chi connectivity index (χ1v) is 10.2. The van der Waals surface area contributed by atoms with Crippen LogP contribution < -0.4 is 20.1 Å². The van der Waals surface area contributed by atoms with Gasteiger partial charge in [-0.05, 0) is 43.9 Å². The molecule has 2 N–H and O–H groups in total. The molecule has 0 aromatic heterocycles. The van der Waals surface area contributed by atoms with E-state index >= 15 is 0 Å². The van der Waals surface area contributed by atoms with Crippen LogP contribution in [-0.4, -0.2) is 71.0 Å². The molecule has 1 aliphatic heterocycles. The molecule has 166 valence electrons. The van der Waals surface area contributed by atoms with Gasteiger partial charge in [0.2, 0.25) is 0 Å². The Morgan fingerprint density at radius 3 is 2.59 bits per heavy atom. The molecule has 0 bridgehead atoms. The first-order chi connectivity index (χ1) is 13.7. The quantitative estimate of drug-likeness (QED) is 0.214. The van der Waals surface area contributed by atoms with Crippen molar-refractivity contribution in [3.63, 3.8) is 0 Å². The number of rotatable bonds is 10. The third kappa shape index (κ3) is 8.96. The summed E-state index contributed by atoms with van der Waals surface area (Å²) in [6.07, 6.45) is 3.36. The minimum Gasteiger partial charge on any atom is -0.493 e. The topological polar surface area (TPSA) is 67.4 Å². The zero-order valence-electron chi connectivity index (χ0n) is 18.2. The maximum absolute atomic E-state index is 5.66. The molecule has 2 rings (SSSR count). The van der Waals surface area contributed by atoms with E-state index in [0.717, 1.165) is 68.5 Å². The van der Waals surface area contributed by atoms with Gasteiger partial charge in [0.05, 0.1) is 13.7 Å². The molecule has 1 aromatic carbocycles. The van der Waals surface area contributed by atoms with E-state index in [9.17, 15) is 0 Å². The lowest BCUT2D eigenvalue weighted by Gasteiger charge is -2.33. The number of aliphatic imine (C=N–C) groups is 1. The van der Waals surface area contributed by atoms with Gasteiger partial charge in [0.1, 0.15) is 0 Å². The molecule has 1 saturated heterocycles. The van der Waals surface area contributed by atoms with Crippen LogP contribution in [-0.2, 0) is 11.3 Å². The van der Waals surface area contributed by atoms with E-state index < -0.39 is 0 Å². The Morgan fingerprint density at radius 2 is 1.97 bits per heavy atom. The molecule has 1 heterocycles. The second-order valence-corrected chi connectivity index (χ2v) is 6.95. The number of hydrogen-bond acceptors (Lipinski definition) is 5. The fourth-order valence-electron chi connectivity index (χ4n) is 3.41. The van der Waals surface area contributed by atoms with Gasteiger partial charge in [-0.2, -0.15) is 0 Å². The van der Waals surface area contributed by atoms with E-state index in [1.165, 1.54) is 0 Å². The molecule has 1 fully saturated rings. The van der Waals surface area contributed by atoms with Gasteiger partial charge in [-0.15, -0.1) is 24.0 Å².